The zero-order valence-corrected chi connectivity index (χ0v) is 24.2. The van der Waals surface area contributed by atoms with Gasteiger partial charge in [-0.05, 0) is 70.1 Å². The molecule has 3 aliphatic rings. The smallest absolute Gasteiger partial charge is 0.334 e. The number of aromatic nitrogens is 2. The van der Waals surface area contributed by atoms with Crippen molar-refractivity contribution in [3.63, 3.8) is 0 Å². The van der Waals surface area contributed by atoms with Crippen molar-refractivity contribution in [1.82, 2.24) is 18.9 Å². The van der Waals surface area contributed by atoms with Gasteiger partial charge in [-0.3, -0.25) is 28.6 Å². The van der Waals surface area contributed by atoms with Crippen molar-refractivity contribution in [3.05, 3.63) is 26.4 Å². The Morgan fingerprint density at radius 3 is 2.33 bits per heavy atom. The van der Waals surface area contributed by atoms with Gasteiger partial charge in [-0.2, -0.15) is 0 Å². The average Bonchev–Trinajstić information content (AvgIpc) is 3.10. The van der Waals surface area contributed by atoms with E-state index >= 15 is 0 Å². The third kappa shape index (κ3) is 5.42. The van der Waals surface area contributed by atoms with Gasteiger partial charge in [0.25, 0.3) is 11.5 Å². The molecule has 0 aromatic carbocycles. The molecule has 1 aromatic heterocycles. The van der Waals surface area contributed by atoms with Gasteiger partial charge in [-0.25, -0.2) is 9.59 Å². The summed E-state index contributed by atoms with van der Waals surface area (Å²) >= 11 is 0. The summed E-state index contributed by atoms with van der Waals surface area (Å²) in [7, 11) is 2.98. The summed E-state index contributed by atoms with van der Waals surface area (Å²) < 4.78 is 7.93. The number of aliphatic imine (C=N–C) groups is 1. The standard InChI is InChI=1S/C28H44N6O6/c1-5-6-13-32-23(35)21(22(29)30-3)24(36)34(27(32)39)20-9-7-18(8-10-20)16-28(2)25(37)31(4)26(38)33(28)17-19-11-14-40-15-12-19/h18-20,35H,5-17H2,1-4H3,(H2,29,30)/t18?,20?,28-/m1/s1. The van der Waals surface area contributed by atoms with Gasteiger partial charge in [0.1, 0.15) is 16.9 Å². The van der Waals surface area contributed by atoms with Gasteiger partial charge in [0.05, 0.1) is 0 Å². The van der Waals surface area contributed by atoms with Gasteiger partial charge in [0.2, 0.25) is 5.88 Å². The molecule has 1 aromatic rings. The molecule has 3 amide bonds. The zero-order valence-electron chi connectivity index (χ0n) is 24.2. The number of ether oxygens (including phenoxy) is 1. The van der Waals surface area contributed by atoms with E-state index < -0.39 is 22.7 Å². The molecule has 3 heterocycles. The molecular weight excluding hydrogens is 516 g/mol. The van der Waals surface area contributed by atoms with Gasteiger partial charge in [0, 0.05) is 46.4 Å². The zero-order chi connectivity index (χ0) is 29.2. The number of rotatable bonds is 9. The van der Waals surface area contributed by atoms with E-state index in [2.05, 4.69) is 4.99 Å². The summed E-state index contributed by atoms with van der Waals surface area (Å²) in [6, 6.07) is -0.610. The van der Waals surface area contributed by atoms with Crippen molar-refractivity contribution < 1.29 is 19.4 Å². The number of unbranched alkanes of at least 4 members (excludes halogenated alkanes) is 1. The number of nitrogens with zero attached hydrogens (tertiary/aromatic N) is 5. The van der Waals surface area contributed by atoms with Crippen LogP contribution in [0.5, 0.6) is 5.88 Å². The van der Waals surface area contributed by atoms with Gasteiger partial charge in [-0.15, -0.1) is 0 Å². The fourth-order valence-electron chi connectivity index (χ4n) is 6.62. The van der Waals surface area contributed by atoms with Crippen molar-refractivity contribution >= 4 is 17.8 Å². The molecule has 40 heavy (non-hydrogen) atoms. The average molecular weight is 561 g/mol. The monoisotopic (exact) mass is 560 g/mol. The Hall–Kier alpha value is -3.15. The maximum atomic E-state index is 13.4. The van der Waals surface area contributed by atoms with E-state index in [1.54, 1.807) is 11.9 Å². The summed E-state index contributed by atoms with van der Waals surface area (Å²) in [5, 5.41) is 10.8. The molecule has 1 saturated carbocycles. The number of amides is 3. The lowest BCUT2D eigenvalue weighted by atomic mass is 9.77. The Kier molecular flexibility index (Phi) is 9.06. The summed E-state index contributed by atoms with van der Waals surface area (Å²) in [6.45, 7) is 6.00. The predicted octanol–water partition coefficient (Wildman–Crippen LogP) is 2.05. The second kappa shape index (κ2) is 12.2. The molecule has 12 heteroatoms. The first kappa shape index (κ1) is 29.8. The molecule has 0 unspecified atom stereocenters. The van der Waals surface area contributed by atoms with Crippen LogP contribution in [0, 0.1) is 11.8 Å². The van der Waals surface area contributed by atoms with Crippen molar-refractivity contribution in [2.24, 2.45) is 22.6 Å². The second-order valence-electron chi connectivity index (χ2n) is 11.7. The summed E-state index contributed by atoms with van der Waals surface area (Å²) in [5.41, 5.74) is 3.73. The summed E-state index contributed by atoms with van der Waals surface area (Å²) in [5.74, 6) is -0.279. The number of carbonyl (C=O) groups is 2. The highest BCUT2D eigenvalue weighted by atomic mass is 16.5. The summed E-state index contributed by atoms with van der Waals surface area (Å²) in [6.07, 6.45) is 6.27. The predicted molar refractivity (Wildman–Crippen MR) is 151 cm³/mol. The number of imide groups is 1. The molecule has 222 valence electrons. The third-order valence-corrected chi connectivity index (χ3v) is 9.11. The number of carbonyl (C=O) groups excluding carboxylic acids is 2. The maximum absolute atomic E-state index is 13.4. The molecule has 0 spiro atoms. The van der Waals surface area contributed by atoms with Gasteiger partial charge in [-0.1, -0.05) is 13.3 Å². The molecule has 2 aliphatic heterocycles. The van der Waals surface area contributed by atoms with Crippen LogP contribution in [-0.4, -0.2) is 81.2 Å². The Balaban J connectivity index is 1.55. The summed E-state index contributed by atoms with van der Waals surface area (Å²) in [4.78, 5) is 60.1. The third-order valence-electron chi connectivity index (χ3n) is 9.11. The number of nitrogens with two attached hydrogens (primary N) is 1. The minimum Gasteiger partial charge on any atom is -0.494 e. The Morgan fingerprint density at radius 2 is 1.73 bits per heavy atom. The minimum absolute atomic E-state index is 0.110. The first-order valence-electron chi connectivity index (χ1n) is 14.5. The van der Waals surface area contributed by atoms with Crippen LogP contribution in [0.3, 0.4) is 0 Å². The topological polar surface area (TPSA) is 152 Å². The minimum atomic E-state index is -0.927. The van der Waals surface area contributed by atoms with E-state index in [-0.39, 0.29) is 41.8 Å². The molecule has 2 saturated heterocycles. The van der Waals surface area contributed by atoms with Crippen LogP contribution in [0.25, 0.3) is 0 Å². The first-order valence-corrected chi connectivity index (χ1v) is 14.5. The highest BCUT2D eigenvalue weighted by molar-refractivity contribution is 6.06. The molecular formula is C28H44N6O6. The highest BCUT2D eigenvalue weighted by Gasteiger charge is 2.54. The van der Waals surface area contributed by atoms with Crippen molar-refractivity contribution in [2.45, 2.75) is 89.8 Å². The van der Waals surface area contributed by atoms with Crippen LogP contribution in [0.15, 0.2) is 14.6 Å². The van der Waals surface area contributed by atoms with Crippen molar-refractivity contribution in [2.75, 3.05) is 33.9 Å². The van der Waals surface area contributed by atoms with E-state index in [1.165, 1.54) is 21.1 Å². The maximum Gasteiger partial charge on any atom is 0.334 e. The Labute approximate surface area is 234 Å². The molecule has 4 rings (SSSR count). The normalized spacial score (nSPS) is 26.6. The number of hydrogen-bond acceptors (Lipinski definition) is 7. The van der Waals surface area contributed by atoms with Crippen LogP contribution < -0.4 is 17.0 Å². The number of hydrogen-bond donors (Lipinski definition) is 2. The molecule has 0 radical (unpaired) electrons. The lowest BCUT2D eigenvalue weighted by Crippen LogP contribution is -2.51. The largest absolute Gasteiger partial charge is 0.494 e. The van der Waals surface area contributed by atoms with Gasteiger partial charge >= 0.3 is 11.7 Å². The second-order valence-corrected chi connectivity index (χ2v) is 11.7. The van der Waals surface area contributed by atoms with Crippen molar-refractivity contribution in [3.8, 4) is 5.88 Å². The van der Waals surface area contributed by atoms with E-state index in [9.17, 15) is 24.3 Å². The lowest BCUT2D eigenvalue weighted by Gasteiger charge is -2.39. The Morgan fingerprint density at radius 1 is 1.07 bits per heavy atom. The Bertz CT molecular complexity index is 1260. The SMILES string of the molecule is CCCCn1c(O)c(C(N)=NC)c(=O)n(C2CCC(C[C@]3(C)C(=O)N(C)C(=O)N3CC3CCOCC3)CC2)c1=O. The molecule has 1 aliphatic carbocycles. The van der Waals surface area contributed by atoms with Crippen LogP contribution in [0.2, 0.25) is 0 Å². The first-order chi connectivity index (χ1) is 19.0. The number of aromatic hydroxyl groups is 1. The van der Waals surface area contributed by atoms with E-state index in [4.69, 9.17) is 10.5 Å². The molecule has 1 atom stereocenters. The van der Waals surface area contributed by atoms with E-state index in [1.807, 2.05) is 13.8 Å². The van der Waals surface area contributed by atoms with Crippen LogP contribution in [0.1, 0.15) is 83.2 Å². The van der Waals surface area contributed by atoms with Crippen molar-refractivity contribution in [1.29, 1.82) is 0 Å². The fourth-order valence-corrected chi connectivity index (χ4v) is 6.62. The van der Waals surface area contributed by atoms with Gasteiger partial charge < -0.3 is 20.5 Å². The van der Waals surface area contributed by atoms with Crippen LogP contribution in [-0.2, 0) is 16.1 Å². The molecule has 12 nitrogen and oxygen atoms in total. The molecule has 3 fully saturated rings. The lowest BCUT2D eigenvalue weighted by molar-refractivity contribution is -0.133. The highest BCUT2D eigenvalue weighted by Crippen LogP contribution is 2.41. The number of urea groups is 1. The number of likely N-dealkylation sites (N-methyl/N-ethyl adjacent to an activating group) is 1. The molecule has 0 bridgehead atoms. The van der Waals surface area contributed by atoms with E-state index in [0.717, 1.165) is 19.3 Å². The molecule has 3 N–H and O–H groups in total. The van der Waals surface area contributed by atoms with E-state index in [0.29, 0.717) is 64.2 Å². The number of amidine groups is 1. The van der Waals surface area contributed by atoms with Crippen LogP contribution in [0.4, 0.5) is 4.79 Å². The van der Waals surface area contributed by atoms with Gasteiger partial charge in [0.15, 0.2) is 0 Å². The quantitative estimate of drug-likeness (QED) is 0.266. The van der Waals surface area contributed by atoms with Crippen LogP contribution >= 0.6 is 0 Å². The fraction of sp³-hybridized carbons (Fsp3) is 0.750.